The van der Waals surface area contributed by atoms with Gasteiger partial charge in [-0.3, -0.25) is 14.5 Å². The van der Waals surface area contributed by atoms with Crippen molar-refractivity contribution < 1.29 is 18.7 Å². The maximum absolute atomic E-state index is 13.7. The fourth-order valence-corrected chi connectivity index (χ4v) is 4.67. The molecular formula is C27H22ClNO5. The second kappa shape index (κ2) is 8.54. The first-order valence-electron chi connectivity index (χ1n) is 10.9. The van der Waals surface area contributed by atoms with Crippen LogP contribution in [0.4, 0.5) is 5.69 Å². The second-order valence-corrected chi connectivity index (χ2v) is 8.48. The average Bonchev–Trinajstić information content (AvgIpc) is 3.12. The molecule has 0 radical (unpaired) electrons. The minimum Gasteiger partial charge on any atom is -0.495 e. The Bertz CT molecular complexity index is 1490. The van der Waals surface area contributed by atoms with Crippen LogP contribution in [0, 0.1) is 6.92 Å². The minimum absolute atomic E-state index is 0.0279. The number of aryl methyl sites for hydroxylation is 1. The van der Waals surface area contributed by atoms with Crippen molar-refractivity contribution >= 4 is 34.2 Å². The molecule has 0 saturated carbocycles. The van der Waals surface area contributed by atoms with Crippen LogP contribution in [0.1, 0.15) is 40.2 Å². The first-order valence-corrected chi connectivity index (χ1v) is 11.3. The number of hydrogen-bond donors (Lipinski definition) is 0. The van der Waals surface area contributed by atoms with Crippen LogP contribution in [-0.4, -0.2) is 19.6 Å². The van der Waals surface area contributed by atoms with Gasteiger partial charge in [-0.25, -0.2) is 0 Å². The standard InChI is InChI=1S/C27H22ClNO5/c1-4-33-18-7-5-6-16(13-18)24-23-25(30)19-12-15(2)8-10-21(19)34-26(23)27(31)29(24)17-9-11-22(32-3)20(28)14-17/h5-14,24H,4H2,1-3H3. The van der Waals surface area contributed by atoms with Crippen molar-refractivity contribution in [1.82, 2.24) is 0 Å². The van der Waals surface area contributed by atoms with Crippen LogP contribution in [0.5, 0.6) is 11.5 Å². The lowest BCUT2D eigenvalue weighted by Gasteiger charge is -2.26. The number of carbonyl (C=O) groups excluding carboxylic acids is 1. The fourth-order valence-electron chi connectivity index (χ4n) is 4.41. The van der Waals surface area contributed by atoms with Crippen molar-refractivity contribution in [2.75, 3.05) is 18.6 Å². The number of halogens is 1. The van der Waals surface area contributed by atoms with E-state index in [1.54, 1.807) is 30.3 Å². The normalized spacial score (nSPS) is 15.0. The highest BCUT2D eigenvalue weighted by Gasteiger charge is 2.44. The van der Waals surface area contributed by atoms with Crippen LogP contribution in [0.15, 0.2) is 69.9 Å². The molecule has 0 spiro atoms. The summed E-state index contributed by atoms with van der Waals surface area (Å²) >= 11 is 6.39. The second-order valence-electron chi connectivity index (χ2n) is 8.08. The number of nitrogens with zero attached hydrogens (tertiary/aromatic N) is 1. The summed E-state index contributed by atoms with van der Waals surface area (Å²) in [7, 11) is 1.52. The molecule has 0 aliphatic carbocycles. The molecule has 34 heavy (non-hydrogen) atoms. The summed E-state index contributed by atoms with van der Waals surface area (Å²) in [6, 6.07) is 17.1. The molecule has 1 aromatic heterocycles. The van der Waals surface area contributed by atoms with E-state index >= 15 is 0 Å². The molecule has 1 unspecified atom stereocenters. The van der Waals surface area contributed by atoms with Gasteiger partial charge in [0.15, 0.2) is 5.43 Å². The van der Waals surface area contributed by atoms with Gasteiger partial charge in [-0.1, -0.05) is 35.4 Å². The summed E-state index contributed by atoms with van der Waals surface area (Å²) < 4.78 is 17.0. The third-order valence-corrected chi connectivity index (χ3v) is 6.22. The number of hydrogen-bond acceptors (Lipinski definition) is 5. The van der Waals surface area contributed by atoms with Gasteiger partial charge < -0.3 is 13.9 Å². The Morgan fingerprint density at radius 1 is 1.06 bits per heavy atom. The van der Waals surface area contributed by atoms with Crippen LogP contribution in [0.3, 0.4) is 0 Å². The molecule has 6 nitrogen and oxygen atoms in total. The van der Waals surface area contributed by atoms with E-state index < -0.39 is 11.9 Å². The molecule has 1 aliphatic heterocycles. The van der Waals surface area contributed by atoms with Crippen molar-refractivity contribution in [3.63, 3.8) is 0 Å². The molecule has 0 bridgehead atoms. The van der Waals surface area contributed by atoms with Crippen molar-refractivity contribution in [2.24, 2.45) is 0 Å². The number of amides is 1. The SMILES string of the molecule is CCOc1cccc(C2c3c(oc4ccc(C)cc4c3=O)C(=O)N2c2ccc(OC)c(Cl)c2)c1. The zero-order valence-corrected chi connectivity index (χ0v) is 19.7. The van der Waals surface area contributed by atoms with E-state index in [4.69, 9.17) is 25.5 Å². The molecule has 7 heteroatoms. The number of benzene rings is 3. The predicted molar refractivity (Wildman–Crippen MR) is 131 cm³/mol. The monoisotopic (exact) mass is 475 g/mol. The molecule has 1 aliphatic rings. The van der Waals surface area contributed by atoms with Gasteiger partial charge in [0.1, 0.15) is 17.1 Å². The quantitative estimate of drug-likeness (QED) is 0.359. The van der Waals surface area contributed by atoms with Crippen LogP contribution >= 0.6 is 11.6 Å². The molecule has 0 N–H and O–H groups in total. The Labute approximate surface area is 201 Å². The Kier molecular flexibility index (Phi) is 5.54. The number of carbonyl (C=O) groups is 1. The van der Waals surface area contributed by atoms with Gasteiger partial charge in [0.2, 0.25) is 5.76 Å². The lowest BCUT2D eigenvalue weighted by Crippen LogP contribution is -2.29. The first-order chi connectivity index (χ1) is 16.4. The van der Waals surface area contributed by atoms with Crippen molar-refractivity contribution in [3.8, 4) is 11.5 Å². The molecule has 1 amide bonds. The summed E-state index contributed by atoms with van der Waals surface area (Å²) in [6.07, 6.45) is 0. The van der Waals surface area contributed by atoms with E-state index in [1.165, 1.54) is 12.0 Å². The predicted octanol–water partition coefficient (Wildman–Crippen LogP) is 5.91. The van der Waals surface area contributed by atoms with E-state index in [0.29, 0.717) is 45.3 Å². The largest absolute Gasteiger partial charge is 0.495 e. The van der Waals surface area contributed by atoms with Crippen molar-refractivity contribution in [3.05, 3.63) is 98.4 Å². The molecular weight excluding hydrogens is 454 g/mol. The van der Waals surface area contributed by atoms with Crippen LogP contribution in [-0.2, 0) is 0 Å². The Morgan fingerprint density at radius 2 is 1.88 bits per heavy atom. The average molecular weight is 476 g/mol. The first kappa shape index (κ1) is 22.0. The number of anilines is 1. The van der Waals surface area contributed by atoms with Gasteiger partial charge in [0.25, 0.3) is 5.91 Å². The highest BCUT2D eigenvalue weighted by Crippen LogP contribution is 2.43. The number of rotatable bonds is 5. The summed E-state index contributed by atoms with van der Waals surface area (Å²) in [5.41, 5.74) is 2.61. The lowest BCUT2D eigenvalue weighted by atomic mass is 9.97. The number of methoxy groups -OCH3 is 1. The van der Waals surface area contributed by atoms with Gasteiger partial charge >= 0.3 is 0 Å². The van der Waals surface area contributed by atoms with Gasteiger partial charge in [-0.05, 0) is 61.9 Å². The summed E-state index contributed by atoms with van der Waals surface area (Å²) in [5, 5.41) is 0.790. The zero-order valence-electron chi connectivity index (χ0n) is 18.9. The maximum Gasteiger partial charge on any atom is 0.295 e. The summed E-state index contributed by atoms with van der Waals surface area (Å²) in [5.74, 6) is 0.747. The molecule has 2 heterocycles. The third-order valence-electron chi connectivity index (χ3n) is 5.92. The number of fused-ring (bicyclic) bond motifs is 2. The smallest absolute Gasteiger partial charge is 0.295 e. The minimum atomic E-state index is -0.714. The molecule has 0 saturated heterocycles. The van der Waals surface area contributed by atoms with Crippen molar-refractivity contribution in [1.29, 1.82) is 0 Å². The van der Waals surface area contributed by atoms with Crippen LogP contribution in [0.25, 0.3) is 11.0 Å². The third kappa shape index (κ3) is 3.51. The van der Waals surface area contributed by atoms with Crippen LogP contribution in [0.2, 0.25) is 5.02 Å². The lowest BCUT2D eigenvalue weighted by molar-refractivity contribution is 0.0971. The Balaban J connectivity index is 1.78. The topological polar surface area (TPSA) is 69.0 Å². The van der Waals surface area contributed by atoms with E-state index in [1.807, 2.05) is 44.2 Å². The van der Waals surface area contributed by atoms with E-state index in [0.717, 1.165) is 11.1 Å². The Morgan fingerprint density at radius 3 is 2.62 bits per heavy atom. The molecule has 0 fully saturated rings. The van der Waals surface area contributed by atoms with E-state index in [-0.39, 0.29) is 11.2 Å². The molecule has 4 aromatic rings. The Hall–Kier alpha value is -3.77. The van der Waals surface area contributed by atoms with Gasteiger partial charge in [-0.15, -0.1) is 0 Å². The maximum atomic E-state index is 13.7. The van der Waals surface area contributed by atoms with E-state index in [2.05, 4.69) is 0 Å². The highest BCUT2D eigenvalue weighted by molar-refractivity contribution is 6.32. The van der Waals surface area contributed by atoms with Crippen molar-refractivity contribution in [2.45, 2.75) is 19.9 Å². The number of ether oxygens (including phenoxy) is 2. The summed E-state index contributed by atoms with van der Waals surface area (Å²) in [6.45, 7) is 4.30. The van der Waals surface area contributed by atoms with Gasteiger partial charge in [0, 0.05) is 5.69 Å². The molecule has 3 aromatic carbocycles. The van der Waals surface area contributed by atoms with E-state index in [9.17, 15) is 9.59 Å². The van der Waals surface area contributed by atoms with Gasteiger partial charge in [-0.2, -0.15) is 0 Å². The van der Waals surface area contributed by atoms with Crippen LogP contribution < -0.4 is 19.8 Å². The highest BCUT2D eigenvalue weighted by atomic mass is 35.5. The fraction of sp³-hybridized carbons (Fsp3) is 0.185. The summed E-state index contributed by atoms with van der Waals surface area (Å²) in [4.78, 5) is 29.0. The van der Waals surface area contributed by atoms with Gasteiger partial charge in [0.05, 0.1) is 35.7 Å². The molecule has 5 rings (SSSR count). The zero-order chi connectivity index (χ0) is 24.0. The molecule has 1 atom stereocenters. The molecule has 172 valence electrons.